The number of unbranched alkanes of at least 4 members (excludes halogenated alkanes) is 1. The summed E-state index contributed by atoms with van der Waals surface area (Å²) >= 11 is 0. The Kier molecular flexibility index (Phi) is 4.64. The minimum Gasteiger partial charge on any atom is -0.321 e. The average Bonchev–Trinajstić information content (AvgIpc) is 3.20. The van der Waals surface area contributed by atoms with Gasteiger partial charge in [0.25, 0.3) is 0 Å². The summed E-state index contributed by atoms with van der Waals surface area (Å²) in [6, 6.07) is 1.06. The molecule has 1 amide bonds. The summed E-state index contributed by atoms with van der Waals surface area (Å²) in [5, 5.41) is 10.5. The minimum absolute atomic E-state index is 0.0849. The van der Waals surface area contributed by atoms with E-state index < -0.39 is 45.8 Å². The van der Waals surface area contributed by atoms with Gasteiger partial charge in [-0.2, -0.15) is 5.26 Å². The van der Waals surface area contributed by atoms with Gasteiger partial charge in [0.2, 0.25) is 5.91 Å². The van der Waals surface area contributed by atoms with Crippen LogP contribution in [0, 0.1) is 45.9 Å². The number of hydrogen-bond donors (Lipinski definition) is 1. The Morgan fingerprint density at radius 3 is 2.30 bits per heavy atom. The molecule has 0 radical (unpaired) electrons. The number of nitrogens with zero attached hydrogens (tertiary/aromatic N) is 1. The van der Waals surface area contributed by atoms with Crippen LogP contribution in [-0.4, -0.2) is 5.91 Å². The smallest absolute Gasteiger partial charge is 0.230 e. The Morgan fingerprint density at radius 2 is 1.83 bits per heavy atom. The Balaban J connectivity index is 2.25. The van der Waals surface area contributed by atoms with Crippen molar-refractivity contribution in [3.05, 3.63) is 28.8 Å². The van der Waals surface area contributed by atoms with Crippen molar-refractivity contribution in [1.82, 2.24) is 0 Å². The average molecular weight is 328 g/mol. The highest BCUT2D eigenvalue weighted by Gasteiger charge is 2.55. The number of rotatable bonds is 5. The SMILES string of the molecule is CCCC[C@@H]1C[C@]1(C)C(=O)Nc1c(F)c(F)c(C#N)c(F)c1F. The number of benzene rings is 1. The molecular formula is C16H16F4N2O. The summed E-state index contributed by atoms with van der Waals surface area (Å²) < 4.78 is 54.7. The van der Waals surface area contributed by atoms with E-state index in [-0.39, 0.29) is 5.92 Å². The number of carbonyl (C=O) groups is 1. The molecular weight excluding hydrogens is 312 g/mol. The van der Waals surface area contributed by atoms with Crippen LogP contribution in [0.3, 0.4) is 0 Å². The molecule has 1 aromatic rings. The van der Waals surface area contributed by atoms with E-state index in [1.165, 1.54) is 0 Å². The van der Waals surface area contributed by atoms with Crippen molar-refractivity contribution in [1.29, 1.82) is 5.26 Å². The van der Waals surface area contributed by atoms with Gasteiger partial charge in [-0.25, -0.2) is 17.6 Å². The largest absolute Gasteiger partial charge is 0.321 e. The van der Waals surface area contributed by atoms with E-state index in [9.17, 15) is 22.4 Å². The highest BCUT2D eigenvalue weighted by molar-refractivity contribution is 5.97. The van der Waals surface area contributed by atoms with Gasteiger partial charge in [0, 0.05) is 5.41 Å². The van der Waals surface area contributed by atoms with E-state index >= 15 is 0 Å². The van der Waals surface area contributed by atoms with Gasteiger partial charge in [0.1, 0.15) is 17.3 Å². The molecule has 7 heteroatoms. The molecule has 0 bridgehead atoms. The maximum atomic E-state index is 13.8. The molecule has 1 aliphatic rings. The summed E-state index contributed by atoms with van der Waals surface area (Å²) in [5.41, 5.74) is -3.34. The molecule has 124 valence electrons. The topological polar surface area (TPSA) is 52.9 Å². The maximum Gasteiger partial charge on any atom is 0.230 e. The molecule has 0 heterocycles. The van der Waals surface area contributed by atoms with Gasteiger partial charge in [0.15, 0.2) is 23.3 Å². The third-order valence-electron chi connectivity index (χ3n) is 4.45. The van der Waals surface area contributed by atoms with Crippen molar-refractivity contribution in [2.24, 2.45) is 11.3 Å². The molecule has 1 aliphatic carbocycles. The third kappa shape index (κ3) is 2.90. The normalized spacial score (nSPS) is 22.6. The molecule has 1 N–H and O–H groups in total. The van der Waals surface area contributed by atoms with Crippen LogP contribution in [0.1, 0.15) is 45.1 Å². The lowest BCUT2D eigenvalue weighted by molar-refractivity contribution is -0.121. The van der Waals surface area contributed by atoms with E-state index in [1.54, 1.807) is 6.92 Å². The number of hydrogen-bond acceptors (Lipinski definition) is 2. The van der Waals surface area contributed by atoms with Gasteiger partial charge in [-0.15, -0.1) is 0 Å². The van der Waals surface area contributed by atoms with E-state index in [4.69, 9.17) is 5.26 Å². The molecule has 1 aromatic carbocycles. The van der Waals surface area contributed by atoms with Crippen LogP contribution < -0.4 is 5.32 Å². The summed E-state index contributed by atoms with van der Waals surface area (Å²) in [5.74, 6) is -7.77. The number of halogens is 4. The van der Waals surface area contributed by atoms with Gasteiger partial charge < -0.3 is 5.32 Å². The van der Waals surface area contributed by atoms with Crippen LogP contribution in [0.4, 0.5) is 23.2 Å². The lowest BCUT2D eigenvalue weighted by Gasteiger charge is -2.14. The number of amides is 1. The van der Waals surface area contributed by atoms with Crippen molar-refractivity contribution in [2.45, 2.75) is 39.5 Å². The van der Waals surface area contributed by atoms with Gasteiger partial charge in [-0.05, 0) is 18.8 Å². The third-order valence-corrected chi connectivity index (χ3v) is 4.45. The molecule has 0 unspecified atom stereocenters. The first kappa shape index (κ1) is 17.3. The van der Waals surface area contributed by atoms with Crippen molar-refractivity contribution in [2.75, 3.05) is 5.32 Å². The van der Waals surface area contributed by atoms with Crippen LogP contribution in [0.5, 0.6) is 0 Å². The molecule has 0 aliphatic heterocycles. The summed E-state index contributed by atoms with van der Waals surface area (Å²) in [6.45, 7) is 3.65. The molecule has 2 atom stereocenters. The Morgan fingerprint density at radius 1 is 1.26 bits per heavy atom. The van der Waals surface area contributed by atoms with Crippen LogP contribution in [0.25, 0.3) is 0 Å². The first-order chi connectivity index (χ1) is 10.8. The lowest BCUT2D eigenvalue weighted by Crippen LogP contribution is -2.25. The molecule has 1 fully saturated rings. The zero-order valence-electron chi connectivity index (χ0n) is 12.8. The predicted molar refractivity (Wildman–Crippen MR) is 75.4 cm³/mol. The summed E-state index contributed by atoms with van der Waals surface area (Å²) in [4.78, 5) is 12.2. The van der Waals surface area contributed by atoms with Crippen molar-refractivity contribution >= 4 is 11.6 Å². The van der Waals surface area contributed by atoms with E-state index in [0.717, 1.165) is 25.3 Å². The standard InChI is InChI=1S/C16H16F4N2O/c1-3-4-5-8-6-16(8,2)15(23)22-14-12(19)10(17)9(7-21)11(18)13(14)20/h8H,3-6H2,1-2H3,(H,22,23)/t8-,16+/m1/s1. The predicted octanol–water partition coefficient (Wildman–Crippen LogP) is 4.27. The fraction of sp³-hybridized carbons (Fsp3) is 0.500. The number of nitriles is 1. The maximum absolute atomic E-state index is 13.8. The molecule has 1 saturated carbocycles. The second-order valence-corrected chi connectivity index (χ2v) is 6.03. The molecule has 0 saturated heterocycles. The Labute approximate surface area is 131 Å². The van der Waals surface area contributed by atoms with E-state index in [0.29, 0.717) is 6.42 Å². The zero-order chi connectivity index (χ0) is 17.4. The monoisotopic (exact) mass is 328 g/mol. The first-order valence-corrected chi connectivity index (χ1v) is 7.35. The number of anilines is 1. The molecule has 3 nitrogen and oxygen atoms in total. The van der Waals surface area contributed by atoms with Crippen LogP contribution in [-0.2, 0) is 4.79 Å². The van der Waals surface area contributed by atoms with E-state index in [1.807, 2.05) is 12.2 Å². The molecule has 0 aromatic heterocycles. The van der Waals surface area contributed by atoms with Crippen LogP contribution in [0.15, 0.2) is 0 Å². The Hall–Kier alpha value is -2.10. The second kappa shape index (κ2) is 6.19. The van der Waals surface area contributed by atoms with Gasteiger partial charge >= 0.3 is 0 Å². The lowest BCUT2D eigenvalue weighted by atomic mass is 10.0. The van der Waals surface area contributed by atoms with Crippen molar-refractivity contribution < 1.29 is 22.4 Å². The highest BCUT2D eigenvalue weighted by Crippen LogP contribution is 2.55. The number of carbonyl (C=O) groups excluding carboxylic acids is 1. The molecule has 23 heavy (non-hydrogen) atoms. The second-order valence-electron chi connectivity index (χ2n) is 6.03. The van der Waals surface area contributed by atoms with Crippen molar-refractivity contribution in [3.8, 4) is 6.07 Å². The fourth-order valence-electron chi connectivity index (χ4n) is 2.70. The first-order valence-electron chi connectivity index (χ1n) is 7.35. The summed E-state index contributed by atoms with van der Waals surface area (Å²) in [6.07, 6.45) is 3.25. The quantitative estimate of drug-likeness (QED) is 0.648. The van der Waals surface area contributed by atoms with Gasteiger partial charge in [-0.3, -0.25) is 4.79 Å². The number of nitrogens with one attached hydrogen (secondary N) is 1. The van der Waals surface area contributed by atoms with Crippen LogP contribution in [0.2, 0.25) is 0 Å². The van der Waals surface area contributed by atoms with E-state index in [2.05, 4.69) is 0 Å². The fourth-order valence-corrected chi connectivity index (χ4v) is 2.70. The minimum atomic E-state index is -1.81. The van der Waals surface area contributed by atoms with Crippen molar-refractivity contribution in [3.63, 3.8) is 0 Å². The Bertz CT molecular complexity index is 669. The highest BCUT2D eigenvalue weighted by atomic mass is 19.2. The zero-order valence-corrected chi connectivity index (χ0v) is 12.8. The van der Waals surface area contributed by atoms with Gasteiger partial charge in [0.05, 0.1) is 0 Å². The summed E-state index contributed by atoms with van der Waals surface area (Å²) in [7, 11) is 0. The molecule has 2 rings (SSSR count). The van der Waals surface area contributed by atoms with Gasteiger partial charge in [-0.1, -0.05) is 26.7 Å². The van der Waals surface area contributed by atoms with Crippen LogP contribution >= 0.6 is 0 Å². The molecule has 0 spiro atoms.